The van der Waals surface area contributed by atoms with Gasteiger partial charge in [0.15, 0.2) is 11.3 Å². The van der Waals surface area contributed by atoms with Crippen LogP contribution in [0.4, 0.5) is 0 Å². The van der Waals surface area contributed by atoms with Gasteiger partial charge < -0.3 is 10.1 Å². The molecule has 6 rings (SSSR count). The minimum atomic E-state index is 0.444. The average molecular weight is 465 g/mol. The van der Waals surface area contributed by atoms with Crippen molar-refractivity contribution in [2.24, 2.45) is 13.0 Å². The monoisotopic (exact) mass is 464 g/mol. The highest BCUT2D eigenvalue weighted by molar-refractivity contribution is 5.93. The van der Waals surface area contributed by atoms with Crippen LogP contribution in [0.3, 0.4) is 0 Å². The van der Waals surface area contributed by atoms with E-state index < -0.39 is 0 Å². The zero-order valence-electron chi connectivity index (χ0n) is 19.3. The molecular weight excluding hydrogens is 440 g/mol. The highest BCUT2D eigenvalue weighted by atomic mass is 16.5. The van der Waals surface area contributed by atoms with E-state index in [4.69, 9.17) is 9.72 Å². The largest absolute Gasteiger partial charge is 0.464 e. The van der Waals surface area contributed by atoms with Gasteiger partial charge in [0, 0.05) is 54.6 Å². The number of piperidine rings is 1. The summed E-state index contributed by atoms with van der Waals surface area (Å²) in [6.07, 6.45) is 9.56. The maximum absolute atomic E-state index is 9.27. The SMILES string of the molecule is Cn1ncc2cc(-c3c(-c4ccc(C#N)cc4)nc(OC[C@@H]4CCCNC4)n4ccnc34)cnc21. The van der Waals surface area contributed by atoms with Gasteiger partial charge in [0.1, 0.15) is 0 Å². The number of nitrogens with zero attached hydrogens (tertiary/aromatic N) is 7. The minimum Gasteiger partial charge on any atom is -0.464 e. The van der Waals surface area contributed by atoms with Gasteiger partial charge in [0.05, 0.1) is 35.7 Å². The molecule has 5 aromatic rings. The molecule has 1 atom stereocenters. The van der Waals surface area contributed by atoms with Crippen LogP contribution in [-0.4, -0.2) is 48.8 Å². The van der Waals surface area contributed by atoms with E-state index in [2.05, 4.69) is 32.5 Å². The standard InChI is InChI=1S/C26H24N8O/c1-33-24-21(15-31-33)11-20(14-30-24)22-23(19-6-4-17(12-27)5-7-19)32-26(34-10-9-29-25(22)34)35-16-18-3-2-8-28-13-18/h4-7,9-11,14-15,18,28H,2-3,8,13,16H2,1H3/t18-/m1/s1. The first-order valence-corrected chi connectivity index (χ1v) is 11.7. The quantitative estimate of drug-likeness (QED) is 0.424. The zero-order valence-corrected chi connectivity index (χ0v) is 19.3. The van der Waals surface area contributed by atoms with Gasteiger partial charge >= 0.3 is 6.01 Å². The second-order valence-electron chi connectivity index (χ2n) is 8.86. The van der Waals surface area contributed by atoms with Gasteiger partial charge in [-0.3, -0.25) is 9.08 Å². The van der Waals surface area contributed by atoms with Gasteiger partial charge in [-0.15, -0.1) is 0 Å². The number of hydrogen-bond acceptors (Lipinski definition) is 7. The second kappa shape index (κ2) is 8.81. The van der Waals surface area contributed by atoms with Crippen LogP contribution in [0.15, 0.2) is 55.1 Å². The van der Waals surface area contributed by atoms with E-state index >= 15 is 0 Å². The van der Waals surface area contributed by atoms with Crippen LogP contribution < -0.4 is 10.1 Å². The van der Waals surface area contributed by atoms with Crippen molar-refractivity contribution in [3.8, 4) is 34.5 Å². The Hall–Kier alpha value is -4.29. The number of imidazole rings is 1. The molecule has 1 aromatic carbocycles. The lowest BCUT2D eigenvalue weighted by Crippen LogP contribution is -2.33. The van der Waals surface area contributed by atoms with Crippen molar-refractivity contribution in [3.05, 3.63) is 60.7 Å². The van der Waals surface area contributed by atoms with Gasteiger partial charge in [0.25, 0.3) is 0 Å². The van der Waals surface area contributed by atoms with Crippen molar-refractivity contribution in [3.63, 3.8) is 0 Å². The summed E-state index contributed by atoms with van der Waals surface area (Å²) in [6, 6.07) is 12.2. The first kappa shape index (κ1) is 21.3. The maximum Gasteiger partial charge on any atom is 0.302 e. The number of fused-ring (bicyclic) bond motifs is 2. The van der Waals surface area contributed by atoms with Crippen molar-refractivity contribution < 1.29 is 4.74 Å². The van der Waals surface area contributed by atoms with Crippen LogP contribution in [0.1, 0.15) is 18.4 Å². The number of benzene rings is 1. The summed E-state index contributed by atoms with van der Waals surface area (Å²) in [7, 11) is 1.87. The molecule has 1 N–H and O–H groups in total. The van der Waals surface area contributed by atoms with Gasteiger partial charge in [-0.05, 0) is 37.6 Å². The van der Waals surface area contributed by atoms with Crippen LogP contribution in [0.2, 0.25) is 0 Å². The number of nitrogens with one attached hydrogen (secondary N) is 1. The number of aryl methyl sites for hydroxylation is 1. The second-order valence-corrected chi connectivity index (χ2v) is 8.86. The number of rotatable bonds is 5. The Kier molecular flexibility index (Phi) is 5.35. The lowest BCUT2D eigenvalue weighted by molar-refractivity contribution is 0.203. The van der Waals surface area contributed by atoms with Crippen molar-refractivity contribution >= 4 is 16.7 Å². The van der Waals surface area contributed by atoms with Gasteiger partial charge in [-0.1, -0.05) is 12.1 Å². The fourth-order valence-electron chi connectivity index (χ4n) is 4.67. The Balaban J connectivity index is 1.51. The van der Waals surface area contributed by atoms with Crippen LogP contribution >= 0.6 is 0 Å². The molecule has 1 aliphatic heterocycles. The van der Waals surface area contributed by atoms with E-state index in [1.54, 1.807) is 29.2 Å². The number of nitriles is 1. The predicted octanol–water partition coefficient (Wildman–Crippen LogP) is 3.60. The summed E-state index contributed by atoms with van der Waals surface area (Å²) in [6.45, 7) is 2.60. The first-order chi connectivity index (χ1) is 17.2. The van der Waals surface area contributed by atoms with E-state index in [-0.39, 0.29) is 0 Å². The lowest BCUT2D eigenvalue weighted by Gasteiger charge is -2.23. The molecule has 0 spiro atoms. The van der Waals surface area contributed by atoms with E-state index in [9.17, 15) is 5.26 Å². The Morgan fingerprint density at radius 1 is 1.14 bits per heavy atom. The van der Waals surface area contributed by atoms with E-state index in [0.29, 0.717) is 24.1 Å². The van der Waals surface area contributed by atoms with Crippen molar-refractivity contribution in [1.29, 1.82) is 5.26 Å². The minimum absolute atomic E-state index is 0.444. The molecule has 0 aliphatic carbocycles. The summed E-state index contributed by atoms with van der Waals surface area (Å²) in [5.41, 5.74) is 5.48. The molecular formula is C26H24N8O. The predicted molar refractivity (Wildman–Crippen MR) is 132 cm³/mol. The number of ether oxygens (including phenoxy) is 1. The molecule has 0 bridgehead atoms. The van der Waals surface area contributed by atoms with Crippen molar-refractivity contribution in [2.75, 3.05) is 19.7 Å². The molecule has 174 valence electrons. The average Bonchev–Trinajstić information content (AvgIpc) is 3.54. The Morgan fingerprint density at radius 3 is 2.83 bits per heavy atom. The number of aromatic nitrogens is 6. The molecule has 4 aromatic heterocycles. The molecule has 1 saturated heterocycles. The molecule has 1 aliphatic rings. The van der Waals surface area contributed by atoms with Gasteiger partial charge in [0.2, 0.25) is 0 Å². The van der Waals surface area contributed by atoms with Crippen molar-refractivity contribution in [2.45, 2.75) is 12.8 Å². The molecule has 35 heavy (non-hydrogen) atoms. The van der Waals surface area contributed by atoms with E-state index in [1.807, 2.05) is 36.0 Å². The fraction of sp³-hybridized carbons (Fsp3) is 0.269. The molecule has 9 heteroatoms. The van der Waals surface area contributed by atoms with Gasteiger partial charge in [-0.25, -0.2) is 9.97 Å². The first-order valence-electron chi connectivity index (χ1n) is 11.7. The molecule has 1 fully saturated rings. The van der Waals surface area contributed by atoms with Crippen LogP contribution in [-0.2, 0) is 7.05 Å². The van der Waals surface area contributed by atoms with E-state index in [0.717, 1.165) is 65.0 Å². The van der Waals surface area contributed by atoms with Gasteiger partial charge in [-0.2, -0.15) is 15.3 Å². The lowest BCUT2D eigenvalue weighted by atomic mass is 10.00. The molecule has 5 heterocycles. The third-order valence-electron chi connectivity index (χ3n) is 6.51. The smallest absolute Gasteiger partial charge is 0.302 e. The highest BCUT2D eigenvalue weighted by Gasteiger charge is 2.21. The molecule has 0 radical (unpaired) electrons. The summed E-state index contributed by atoms with van der Waals surface area (Å²) < 4.78 is 9.93. The van der Waals surface area contributed by atoms with E-state index in [1.165, 1.54) is 0 Å². The number of hydrogen-bond donors (Lipinski definition) is 1. The molecule has 0 amide bonds. The Bertz CT molecular complexity index is 1550. The highest BCUT2D eigenvalue weighted by Crippen LogP contribution is 2.36. The van der Waals surface area contributed by atoms with Crippen LogP contribution in [0, 0.1) is 17.2 Å². The summed E-state index contributed by atoms with van der Waals surface area (Å²) >= 11 is 0. The van der Waals surface area contributed by atoms with Crippen molar-refractivity contribution in [1.82, 2.24) is 34.4 Å². The zero-order chi connectivity index (χ0) is 23.8. The third-order valence-corrected chi connectivity index (χ3v) is 6.51. The maximum atomic E-state index is 9.27. The van der Waals surface area contributed by atoms with Crippen LogP contribution in [0.25, 0.3) is 39.1 Å². The normalized spacial score (nSPS) is 15.9. The summed E-state index contributed by atoms with van der Waals surface area (Å²) in [4.78, 5) is 14.3. The third kappa shape index (κ3) is 3.88. The Morgan fingerprint density at radius 2 is 2.03 bits per heavy atom. The van der Waals surface area contributed by atoms with Crippen LogP contribution in [0.5, 0.6) is 6.01 Å². The topological polar surface area (TPSA) is 106 Å². The Labute approximate surface area is 202 Å². The molecule has 0 unspecified atom stereocenters. The molecule has 9 nitrogen and oxygen atoms in total. The molecule has 0 saturated carbocycles. The summed E-state index contributed by atoms with van der Waals surface area (Å²) in [5, 5.41) is 18.0. The number of pyridine rings is 1. The summed E-state index contributed by atoms with van der Waals surface area (Å²) in [5.74, 6) is 0.444. The fourth-order valence-corrected chi connectivity index (χ4v) is 4.67.